The van der Waals surface area contributed by atoms with Crippen LogP contribution in [0.25, 0.3) is 0 Å². The van der Waals surface area contributed by atoms with Gasteiger partial charge in [0.25, 0.3) is 0 Å². The van der Waals surface area contributed by atoms with E-state index in [0.717, 1.165) is 10.0 Å². The Morgan fingerprint density at radius 1 is 1.10 bits per heavy atom. The van der Waals surface area contributed by atoms with E-state index in [0.29, 0.717) is 18.6 Å². The first-order chi connectivity index (χ1) is 14.8. The van der Waals surface area contributed by atoms with Gasteiger partial charge in [0, 0.05) is 29.5 Å². The monoisotopic (exact) mass is 510 g/mol. The molecule has 1 N–H and O–H groups in total. The first kappa shape index (κ1) is 23.6. The molecule has 1 amide bonds. The van der Waals surface area contributed by atoms with Gasteiger partial charge in [0.05, 0.1) is 20.3 Å². The van der Waals surface area contributed by atoms with Crippen molar-refractivity contribution in [1.29, 1.82) is 0 Å². The third-order valence-corrected chi connectivity index (χ3v) is 7.99. The van der Waals surface area contributed by atoms with E-state index >= 15 is 0 Å². The van der Waals surface area contributed by atoms with Gasteiger partial charge in [-0.2, -0.15) is 4.31 Å². The van der Waals surface area contributed by atoms with E-state index in [1.165, 1.54) is 24.6 Å². The highest BCUT2D eigenvalue weighted by molar-refractivity contribution is 9.10. The molecule has 2 aromatic carbocycles. The molecule has 0 spiro atoms. The van der Waals surface area contributed by atoms with Gasteiger partial charge in [-0.3, -0.25) is 4.79 Å². The van der Waals surface area contributed by atoms with Crippen LogP contribution in [0, 0.1) is 5.92 Å². The largest absolute Gasteiger partial charge is 0.497 e. The third-order valence-electron chi connectivity index (χ3n) is 5.54. The number of ether oxygens (including phenoxy) is 2. The minimum absolute atomic E-state index is 0.0496. The van der Waals surface area contributed by atoms with Crippen LogP contribution in [-0.2, 0) is 14.8 Å². The zero-order chi connectivity index (χ0) is 22.6. The molecule has 7 nitrogen and oxygen atoms in total. The highest BCUT2D eigenvalue weighted by atomic mass is 79.9. The number of hydrogen-bond acceptors (Lipinski definition) is 5. The number of nitrogens with one attached hydrogen (secondary N) is 1. The molecular weight excluding hydrogens is 484 g/mol. The molecule has 1 aliphatic heterocycles. The molecule has 0 unspecified atom stereocenters. The van der Waals surface area contributed by atoms with Gasteiger partial charge in [-0.1, -0.05) is 28.1 Å². The van der Waals surface area contributed by atoms with Gasteiger partial charge in [-0.05, 0) is 49.6 Å². The van der Waals surface area contributed by atoms with Crippen LogP contribution < -0.4 is 14.8 Å². The Kier molecular flexibility index (Phi) is 7.61. The molecule has 0 bridgehead atoms. The topological polar surface area (TPSA) is 84.9 Å². The summed E-state index contributed by atoms with van der Waals surface area (Å²) in [5.41, 5.74) is 1.02. The molecule has 1 aliphatic rings. The third kappa shape index (κ3) is 5.39. The molecule has 0 aliphatic carbocycles. The Hall–Kier alpha value is -2.10. The fourth-order valence-electron chi connectivity index (χ4n) is 3.65. The van der Waals surface area contributed by atoms with E-state index in [4.69, 9.17) is 9.47 Å². The average molecular weight is 511 g/mol. The Labute approximate surface area is 191 Å². The van der Waals surface area contributed by atoms with Crippen LogP contribution in [-0.4, -0.2) is 45.9 Å². The van der Waals surface area contributed by atoms with Gasteiger partial charge in [0.15, 0.2) is 0 Å². The number of methoxy groups -OCH3 is 2. The molecule has 0 radical (unpaired) electrons. The fourth-order valence-corrected chi connectivity index (χ4v) is 5.55. The number of sulfonamides is 1. The molecule has 1 saturated heterocycles. The highest BCUT2D eigenvalue weighted by Crippen LogP contribution is 2.32. The van der Waals surface area contributed by atoms with Crippen LogP contribution in [0.2, 0.25) is 0 Å². The van der Waals surface area contributed by atoms with E-state index in [1.807, 2.05) is 31.2 Å². The molecule has 168 valence electrons. The van der Waals surface area contributed by atoms with Crippen molar-refractivity contribution in [2.45, 2.75) is 30.7 Å². The molecule has 1 heterocycles. The highest BCUT2D eigenvalue weighted by Gasteiger charge is 2.34. The minimum atomic E-state index is -3.76. The molecule has 3 rings (SSSR count). The van der Waals surface area contributed by atoms with Gasteiger partial charge in [0.1, 0.15) is 16.4 Å². The van der Waals surface area contributed by atoms with E-state index in [2.05, 4.69) is 21.2 Å². The maximum Gasteiger partial charge on any atom is 0.246 e. The molecule has 0 aromatic heterocycles. The maximum atomic E-state index is 13.2. The van der Waals surface area contributed by atoms with Crippen molar-refractivity contribution >= 4 is 31.9 Å². The van der Waals surface area contributed by atoms with Crippen molar-refractivity contribution in [3.05, 3.63) is 52.5 Å². The Morgan fingerprint density at radius 2 is 1.74 bits per heavy atom. The number of halogens is 1. The van der Waals surface area contributed by atoms with Gasteiger partial charge in [0.2, 0.25) is 15.9 Å². The second kappa shape index (κ2) is 10.0. The summed E-state index contributed by atoms with van der Waals surface area (Å²) in [5.74, 6) is 0.433. The first-order valence-corrected chi connectivity index (χ1v) is 12.3. The number of amides is 1. The quantitative estimate of drug-likeness (QED) is 0.613. The van der Waals surface area contributed by atoms with Gasteiger partial charge < -0.3 is 14.8 Å². The number of rotatable bonds is 7. The maximum absolute atomic E-state index is 13.2. The summed E-state index contributed by atoms with van der Waals surface area (Å²) < 4.78 is 39.2. The second-order valence-electron chi connectivity index (χ2n) is 7.48. The summed E-state index contributed by atoms with van der Waals surface area (Å²) >= 11 is 3.41. The molecular formula is C22H27BrN2O5S. The van der Waals surface area contributed by atoms with Gasteiger partial charge in [-0.25, -0.2) is 8.42 Å². The van der Waals surface area contributed by atoms with Crippen molar-refractivity contribution in [3.8, 4) is 11.5 Å². The van der Waals surface area contributed by atoms with Gasteiger partial charge in [-0.15, -0.1) is 0 Å². The van der Waals surface area contributed by atoms with Crippen LogP contribution in [0.5, 0.6) is 11.5 Å². The predicted molar refractivity (Wildman–Crippen MR) is 122 cm³/mol. The van der Waals surface area contributed by atoms with Crippen LogP contribution in [0.3, 0.4) is 0 Å². The zero-order valence-corrected chi connectivity index (χ0v) is 20.2. The van der Waals surface area contributed by atoms with Crippen LogP contribution >= 0.6 is 15.9 Å². The first-order valence-electron chi connectivity index (χ1n) is 10.0. The SMILES string of the molecule is COc1ccc(OC)c(S(=O)(=O)N2CCC(C(=O)N[C@H](C)c3ccc(Br)cc3)CC2)c1. The second-order valence-corrected chi connectivity index (χ2v) is 10.3. The standard InChI is InChI=1S/C22H27BrN2O5S/c1-15(16-4-6-18(23)7-5-16)24-22(26)17-10-12-25(13-11-17)31(27,28)21-14-19(29-2)8-9-20(21)30-3/h4-9,14-15,17H,10-13H2,1-3H3,(H,24,26)/t15-/m1/s1. The number of piperidine rings is 1. The van der Waals surface area contributed by atoms with Crippen molar-refractivity contribution in [3.63, 3.8) is 0 Å². The number of benzene rings is 2. The molecule has 1 atom stereocenters. The lowest BCUT2D eigenvalue weighted by Gasteiger charge is -2.31. The summed E-state index contributed by atoms with van der Waals surface area (Å²) in [6.07, 6.45) is 0.925. The van der Waals surface area contributed by atoms with Crippen molar-refractivity contribution in [1.82, 2.24) is 9.62 Å². The van der Waals surface area contributed by atoms with Crippen molar-refractivity contribution < 1.29 is 22.7 Å². The molecule has 31 heavy (non-hydrogen) atoms. The Bertz CT molecular complexity index is 1020. The van der Waals surface area contributed by atoms with Crippen LogP contribution in [0.4, 0.5) is 0 Å². The van der Waals surface area contributed by atoms with Gasteiger partial charge >= 0.3 is 0 Å². The zero-order valence-electron chi connectivity index (χ0n) is 17.8. The average Bonchev–Trinajstić information content (AvgIpc) is 2.79. The molecule has 9 heteroatoms. The summed E-state index contributed by atoms with van der Waals surface area (Å²) in [5, 5.41) is 3.05. The summed E-state index contributed by atoms with van der Waals surface area (Å²) in [6, 6.07) is 12.4. The molecule has 1 fully saturated rings. The van der Waals surface area contributed by atoms with E-state index in [1.54, 1.807) is 12.1 Å². The summed E-state index contributed by atoms with van der Waals surface area (Å²) in [6.45, 7) is 2.48. The minimum Gasteiger partial charge on any atom is -0.497 e. The molecule has 2 aromatic rings. The number of nitrogens with zero attached hydrogens (tertiary/aromatic N) is 1. The smallest absolute Gasteiger partial charge is 0.246 e. The lowest BCUT2D eigenvalue weighted by atomic mass is 9.96. The predicted octanol–water partition coefficient (Wildman–Crippen LogP) is 3.74. The normalized spacial score (nSPS) is 16.5. The van der Waals surface area contributed by atoms with Crippen LogP contribution in [0.15, 0.2) is 51.8 Å². The summed E-state index contributed by atoms with van der Waals surface area (Å²) in [7, 11) is -0.846. The Morgan fingerprint density at radius 3 is 2.32 bits per heavy atom. The van der Waals surface area contributed by atoms with Crippen molar-refractivity contribution in [2.24, 2.45) is 5.92 Å². The molecule has 0 saturated carbocycles. The lowest BCUT2D eigenvalue weighted by Crippen LogP contribution is -2.43. The summed E-state index contributed by atoms with van der Waals surface area (Å²) in [4.78, 5) is 12.8. The van der Waals surface area contributed by atoms with E-state index < -0.39 is 10.0 Å². The lowest BCUT2D eigenvalue weighted by molar-refractivity contribution is -0.126. The fraction of sp³-hybridized carbons (Fsp3) is 0.409. The number of carbonyl (C=O) groups excluding carboxylic acids is 1. The van der Waals surface area contributed by atoms with Crippen molar-refractivity contribution in [2.75, 3.05) is 27.3 Å². The van der Waals surface area contributed by atoms with E-state index in [9.17, 15) is 13.2 Å². The number of carbonyl (C=O) groups is 1. The number of hydrogen-bond donors (Lipinski definition) is 1. The Balaban J connectivity index is 1.64. The van der Waals surface area contributed by atoms with Crippen LogP contribution in [0.1, 0.15) is 31.4 Å². The van der Waals surface area contributed by atoms with E-state index in [-0.39, 0.29) is 41.6 Å².